The van der Waals surface area contributed by atoms with Crippen molar-refractivity contribution in [3.8, 4) is 0 Å². The summed E-state index contributed by atoms with van der Waals surface area (Å²) in [5.41, 5.74) is 2.15. The van der Waals surface area contributed by atoms with E-state index in [1.165, 1.54) is 5.56 Å². The molecule has 0 fully saturated rings. The Labute approximate surface area is 77.8 Å². The first kappa shape index (κ1) is 8.73. The van der Waals surface area contributed by atoms with Crippen molar-refractivity contribution in [1.82, 2.24) is 0 Å². The second kappa shape index (κ2) is 3.13. The SMILES string of the molecule is CC(O)C1Cc2ccccc2C1O. The Bertz CT molecular complexity index is 307. The number of hydrogen-bond acceptors (Lipinski definition) is 2. The summed E-state index contributed by atoms with van der Waals surface area (Å²) in [4.78, 5) is 0. The monoisotopic (exact) mass is 178 g/mol. The highest BCUT2D eigenvalue weighted by Crippen LogP contribution is 2.37. The molecule has 2 rings (SSSR count). The second-order valence-electron chi connectivity index (χ2n) is 3.75. The van der Waals surface area contributed by atoms with Gasteiger partial charge in [-0.05, 0) is 24.5 Å². The zero-order chi connectivity index (χ0) is 9.42. The van der Waals surface area contributed by atoms with E-state index in [4.69, 9.17) is 0 Å². The van der Waals surface area contributed by atoms with Crippen LogP contribution in [0.25, 0.3) is 0 Å². The molecule has 3 atom stereocenters. The Morgan fingerprint density at radius 1 is 1.38 bits per heavy atom. The van der Waals surface area contributed by atoms with Crippen LogP contribution < -0.4 is 0 Å². The molecule has 2 nitrogen and oxygen atoms in total. The molecule has 1 aromatic carbocycles. The fourth-order valence-corrected chi connectivity index (χ4v) is 2.04. The third-order valence-corrected chi connectivity index (χ3v) is 2.85. The van der Waals surface area contributed by atoms with Gasteiger partial charge in [0.05, 0.1) is 12.2 Å². The maximum atomic E-state index is 9.85. The van der Waals surface area contributed by atoms with Crippen molar-refractivity contribution in [1.29, 1.82) is 0 Å². The first-order valence-electron chi connectivity index (χ1n) is 4.64. The number of hydrogen-bond donors (Lipinski definition) is 2. The summed E-state index contributed by atoms with van der Waals surface area (Å²) in [5.74, 6) is -0.0302. The van der Waals surface area contributed by atoms with Crippen molar-refractivity contribution in [2.45, 2.75) is 25.6 Å². The summed E-state index contributed by atoms with van der Waals surface area (Å²) >= 11 is 0. The van der Waals surface area contributed by atoms with Gasteiger partial charge in [-0.25, -0.2) is 0 Å². The van der Waals surface area contributed by atoms with Crippen LogP contribution in [0.15, 0.2) is 24.3 Å². The molecule has 13 heavy (non-hydrogen) atoms. The molecule has 0 spiro atoms. The van der Waals surface area contributed by atoms with E-state index in [-0.39, 0.29) is 5.92 Å². The Kier molecular flexibility index (Phi) is 2.10. The topological polar surface area (TPSA) is 40.5 Å². The van der Waals surface area contributed by atoms with Gasteiger partial charge in [0.2, 0.25) is 0 Å². The molecule has 0 saturated heterocycles. The molecule has 0 bridgehead atoms. The van der Waals surface area contributed by atoms with Crippen LogP contribution in [-0.2, 0) is 6.42 Å². The van der Waals surface area contributed by atoms with Gasteiger partial charge in [-0.3, -0.25) is 0 Å². The predicted octanol–water partition coefficient (Wildman–Crippen LogP) is 1.27. The molecule has 0 heterocycles. The lowest BCUT2D eigenvalue weighted by Crippen LogP contribution is -2.20. The standard InChI is InChI=1S/C11H14O2/c1-7(12)10-6-8-4-2-3-5-9(8)11(10)13/h2-5,7,10-13H,6H2,1H3. The maximum Gasteiger partial charge on any atom is 0.0848 e. The molecule has 0 radical (unpaired) electrons. The van der Waals surface area contributed by atoms with Crippen LogP contribution in [0.2, 0.25) is 0 Å². The Hall–Kier alpha value is -0.860. The minimum Gasteiger partial charge on any atom is -0.393 e. The Balaban J connectivity index is 2.32. The van der Waals surface area contributed by atoms with Crippen LogP contribution in [0, 0.1) is 5.92 Å². The summed E-state index contributed by atoms with van der Waals surface area (Å²) in [6.45, 7) is 1.74. The average molecular weight is 178 g/mol. The number of fused-ring (bicyclic) bond motifs is 1. The quantitative estimate of drug-likeness (QED) is 0.680. The van der Waals surface area contributed by atoms with Crippen molar-refractivity contribution in [2.75, 3.05) is 0 Å². The van der Waals surface area contributed by atoms with E-state index in [0.717, 1.165) is 12.0 Å². The van der Waals surface area contributed by atoms with Gasteiger partial charge in [0.25, 0.3) is 0 Å². The second-order valence-corrected chi connectivity index (χ2v) is 3.75. The number of aliphatic hydroxyl groups is 2. The molecule has 70 valence electrons. The van der Waals surface area contributed by atoms with E-state index in [9.17, 15) is 10.2 Å². The molecule has 0 saturated carbocycles. The van der Waals surface area contributed by atoms with Crippen LogP contribution in [-0.4, -0.2) is 16.3 Å². The lowest BCUT2D eigenvalue weighted by atomic mass is 9.98. The van der Waals surface area contributed by atoms with Gasteiger partial charge in [0, 0.05) is 5.92 Å². The molecular weight excluding hydrogens is 164 g/mol. The van der Waals surface area contributed by atoms with Crippen LogP contribution >= 0.6 is 0 Å². The maximum absolute atomic E-state index is 9.85. The number of aliphatic hydroxyl groups excluding tert-OH is 2. The van der Waals surface area contributed by atoms with Crippen LogP contribution in [0.3, 0.4) is 0 Å². The highest BCUT2D eigenvalue weighted by molar-refractivity contribution is 5.34. The summed E-state index contributed by atoms with van der Waals surface area (Å²) in [7, 11) is 0. The average Bonchev–Trinajstić information content (AvgIpc) is 2.45. The molecule has 3 unspecified atom stereocenters. The van der Waals surface area contributed by atoms with Crippen molar-refractivity contribution in [3.63, 3.8) is 0 Å². The zero-order valence-electron chi connectivity index (χ0n) is 7.64. The van der Waals surface area contributed by atoms with Crippen LogP contribution in [0.1, 0.15) is 24.2 Å². The van der Waals surface area contributed by atoms with E-state index >= 15 is 0 Å². The van der Waals surface area contributed by atoms with Gasteiger partial charge in [0.1, 0.15) is 0 Å². The lowest BCUT2D eigenvalue weighted by molar-refractivity contribution is 0.0325. The molecule has 2 N–H and O–H groups in total. The van der Waals surface area contributed by atoms with Gasteiger partial charge in [-0.15, -0.1) is 0 Å². The van der Waals surface area contributed by atoms with Crippen molar-refractivity contribution in [2.24, 2.45) is 5.92 Å². The molecule has 0 aliphatic heterocycles. The Morgan fingerprint density at radius 3 is 2.69 bits per heavy atom. The molecule has 2 heteroatoms. The molecule has 1 aliphatic rings. The highest BCUT2D eigenvalue weighted by Gasteiger charge is 2.33. The fraction of sp³-hybridized carbons (Fsp3) is 0.455. The van der Waals surface area contributed by atoms with E-state index < -0.39 is 12.2 Å². The first-order chi connectivity index (χ1) is 6.20. The summed E-state index contributed by atoms with van der Waals surface area (Å²) < 4.78 is 0. The normalized spacial score (nSPS) is 28.5. The largest absolute Gasteiger partial charge is 0.393 e. The van der Waals surface area contributed by atoms with Crippen molar-refractivity contribution < 1.29 is 10.2 Å². The van der Waals surface area contributed by atoms with Crippen molar-refractivity contribution in [3.05, 3.63) is 35.4 Å². The molecule has 1 aromatic rings. The summed E-state index contributed by atoms with van der Waals surface area (Å²) in [6.07, 6.45) is -0.145. The first-order valence-corrected chi connectivity index (χ1v) is 4.64. The summed E-state index contributed by atoms with van der Waals surface area (Å²) in [6, 6.07) is 7.84. The van der Waals surface area contributed by atoms with E-state index in [1.807, 2.05) is 24.3 Å². The molecular formula is C11H14O2. The van der Waals surface area contributed by atoms with E-state index in [1.54, 1.807) is 6.92 Å². The minimum absolute atomic E-state index is 0.0302. The highest BCUT2D eigenvalue weighted by atomic mass is 16.3. The third-order valence-electron chi connectivity index (χ3n) is 2.85. The van der Waals surface area contributed by atoms with Crippen LogP contribution in [0.5, 0.6) is 0 Å². The Morgan fingerprint density at radius 2 is 2.08 bits per heavy atom. The molecule has 0 amide bonds. The smallest absolute Gasteiger partial charge is 0.0848 e. The number of benzene rings is 1. The van der Waals surface area contributed by atoms with Crippen LogP contribution in [0.4, 0.5) is 0 Å². The van der Waals surface area contributed by atoms with E-state index in [0.29, 0.717) is 0 Å². The molecule has 0 aromatic heterocycles. The van der Waals surface area contributed by atoms with Crippen molar-refractivity contribution >= 4 is 0 Å². The number of rotatable bonds is 1. The molecule has 1 aliphatic carbocycles. The van der Waals surface area contributed by atoms with Gasteiger partial charge in [0.15, 0.2) is 0 Å². The van der Waals surface area contributed by atoms with Gasteiger partial charge < -0.3 is 10.2 Å². The zero-order valence-corrected chi connectivity index (χ0v) is 7.64. The van der Waals surface area contributed by atoms with Gasteiger partial charge in [-0.2, -0.15) is 0 Å². The van der Waals surface area contributed by atoms with Gasteiger partial charge >= 0.3 is 0 Å². The fourth-order valence-electron chi connectivity index (χ4n) is 2.04. The summed E-state index contributed by atoms with van der Waals surface area (Å²) in [5, 5.41) is 19.3. The van der Waals surface area contributed by atoms with Gasteiger partial charge in [-0.1, -0.05) is 24.3 Å². The third kappa shape index (κ3) is 1.36. The predicted molar refractivity (Wildman–Crippen MR) is 50.3 cm³/mol. The van der Waals surface area contributed by atoms with E-state index in [2.05, 4.69) is 0 Å². The minimum atomic E-state index is -0.490. The lowest BCUT2D eigenvalue weighted by Gasteiger charge is -2.17.